The molecule has 1 aliphatic heterocycles. The van der Waals surface area contributed by atoms with E-state index >= 15 is 0 Å². The van der Waals surface area contributed by atoms with Gasteiger partial charge in [-0.05, 0) is 32.9 Å². The minimum atomic E-state index is 0.153. The number of rotatable bonds is 6. The summed E-state index contributed by atoms with van der Waals surface area (Å²) in [6.07, 6.45) is 4.54. The molecule has 0 radical (unpaired) electrons. The van der Waals surface area contributed by atoms with Crippen molar-refractivity contribution in [3.63, 3.8) is 0 Å². The first-order valence-corrected chi connectivity index (χ1v) is 8.24. The number of hydrogen-bond donors (Lipinski definition) is 2. The van der Waals surface area contributed by atoms with Gasteiger partial charge in [-0.1, -0.05) is 0 Å². The van der Waals surface area contributed by atoms with Crippen LogP contribution in [-0.2, 0) is 0 Å². The minimum absolute atomic E-state index is 0.153. The standard InChI is InChI=1S/C13H24N6S/c1-13(2,20-4)9-15-11-16-10(14-3)17-12(18-11)19-7-5-6-8-19/h5-9H2,1-4H3,(H2,14,15,16,17,18). The van der Waals surface area contributed by atoms with Crippen LogP contribution in [0.3, 0.4) is 0 Å². The van der Waals surface area contributed by atoms with Crippen LogP contribution in [0.15, 0.2) is 0 Å². The van der Waals surface area contributed by atoms with Crippen molar-refractivity contribution in [2.24, 2.45) is 0 Å². The van der Waals surface area contributed by atoms with E-state index in [0.29, 0.717) is 11.9 Å². The van der Waals surface area contributed by atoms with Crippen molar-refractivity contribution >= 4 is 29.6 Å². The lowest BCUT2D eigenvalue weighted by atomic mass is 10.2. The molecule has 2 rings (SSSR count). The molecule has 0 saturated carbocycles. The topological polar surface area (TPSA) is 66.0 Å². The molecule has 0 spiro atoms. The molecule has 1 fully saturated rings. The molecule has 0 aliphatic carbocycles. The van der Waals surface area contributed by atoms with Gasteiger partial charge < -0.3 is 15.5 Å². The Hall–Kier alpha value is -1.24. The van der Waals surface area contributed by atoms with Gasteiger partial charge in [-0.2, -0.15) is 26.7 Å². The summed E-state index contributed by atoms with van der Waals surface area (Å²) in [5, 5.41) is 6.33. The molecule has 2 heterocycles. The van der Waals surface area contributed by atoms with Gasteiger partial charge in [-0.15, -0.1) is 0 Å². The Balaban J connectivity index is 2.13. The second-order valence-corrected chi connectivity index (χ2v) is 7.06. The van der Waals surface area contributed by atoms with Gasteiger partial charge in [0.05, 0.1) is 0 Å². The van der Waals surface area contributed by atoms with Crippen LogP contribution >= 0.6 is 11.8 Å². The Kier molecular flexibility index (Phi) is 4.91. The van der Waals surface area contributed by atoms with Gasteiger partial charge in [0.25, 0.3) is 0 Å². The summed E-state index contributed by atoms with van der Waals surface area (Å²) in [7, 11) is 1.83. The van der Waals surface area contributed by atoms with Crippen LogP contribution in [0, 0.1) is 0 Å². The average Bonchev–Trinajstić information content (AvgIpc) is 2.99. The molecule has 0 bridgehead atoms. The van der Waals surface area contributed by atoms with Crippen molar-refractivity contribution in [3.8, 4) is 0 Å². The second-order valence-electron chi connectivity index (χ2n) is 5.54. The van der Waals surface area contributed by atoms with Crippen LogP contribution in [0.4, 0.5) is 17.8 Å². The van der Waals surface area contributed by atoms with E-state index in [9.17, 15) is 0 Å². The molecule has 0 amide bonds. The van der Waals surface area contributed by atoms with Crippen LogP contribution in [0.25, 0.3) is 0 Å². The normalized spacial score (nSPS) is 15.5. The molecule has 112 valence electrons. The molecule has 0 aromatic carbocycles. The quantitative estimate of drug-likeness (QED) is 0.833. The molecule has 1 aromatic rings. The first-order chi connectivity index (χ1) is 9.54. The maximum atomic E-state index is 4.54. The monoisotopic (exact) mass is 296 g/mol. The van der Waals surface area contributed by atoms with E-state index in [1.165, 1.54) is 12.8 Å². The minimum Gasteiger partial charge on any atom is -0.357 e. The lowest BCUT2D eigenvalue weighted by Crippen LogP contribution is -2.28. The lowest BCUT2D eigenvalue weighted by molar-refractivity contribution is 0.744. The maximum absolute atomic E-state index is 4.54. The van der Waals surface area contributed by atoms with Crippen LogP contribution in [0.2, 0.25) is 0 Å². The maximum Gasteiger partial charge on any atom is 0.231 e. The SMILES string of the molecule is CNc1nc(NCC(C)(C)SC)nc(N2CCCC2)n1. The largest absolute Gasteiger partial charge is 0.357 e. The van der Waals surface area contributed by atoms with Gasteiger partial charge in [0.15, 0.2) is 0 Å². The van der Waals surface area contributed by atoms with Gasteiger partial charge in [0.1, 0.15) is 0 Å². The van der Waals surface area contributed by atoms with E-state index < -0.39 is 0 Å². The number of anilines is 3. The summed E-state index contributed by atoms with van der Waals surface area (Å²) in [4.78, 5) is 15.6. The second kappa shape index (κ2) is 6.47. The molecule has 1 saturated heterocycles. The molecule has 7 heteroatoms. The van der Waals surface area contributed by atoms with E-state index in [1.807, 2.05) is 18.8 Å². The predicted octanol–water partition coefficient (Wildman–Crippen LogP) is 2.07. The first-order valence-electron chi connectivity index (χ1n) is 7.02. The summed E-state index contributed by atoms with van der Waals surface area (Å²) < 4.78 is 0.153. The summed E-state index contributed by atoms with van der Waals surface area (Å²) in [6.45, 7) is 7.28. The Bertz CT molecular complexity index is 444. The van der Waals surface area contributed by atoms with E-state index in [2.05, 4.69) is 50.6 Å². The van der Waals surface area contributed by atoms with Crippen molar-refractivity contribution in [2.75, 3.05) is 48.5 Å². The molecule has 1 aromatic heterocycles. The Morgan fingerprint density at radius 1 is 1.15 bits per heavy atom. The zero-order valence-electron chi connectivity index (χ0n) is 12.7. The van der Waals surface area contributed by atoms with Crippen molar-refractivity contribution in [2.45, 2.75) is 31.4 Å². The molecular weight excluding hydrogens is 272 g/mol. The Labute approximate surface area is 125 Å². The van der Waals surface area contributed by atoms with E-state index in [4.69, 9.17) is 0 Å². The van der Waals surface area contributed by atoms with Gasteiger partial charge >= 0.3 is 0 Å². The van der Waals surface area contributed by atoms with Crippen LogP contribution in [-0.4, -0.2) is 52.6 Å². The third-order valence-electron chi connectivity index (χ3n) is 3.46. The summed E-state index contributed by atoms with van der Waals surface area (Å²) in [5.41, 5.74) is 0. The molecule has 20 heavy (non-hydrogen) atoms. The van der Waals surface area contributed by atoms with E-state index in [0.717, 1.165) is 25.6 Å². The molecule has 0 atom stereocenters. The Morgan fingerprint density at radius 2 is 1.80 bits per heavy atom. The highest BCUT2D eigenvalue weighted by Crippen LogP contribution is 2.22. The van der Waals surface area contributed by atoms with Crippen molar-refractivity contribution in [3.05, 3.63) is 0 Å². The van der Waals surface area contributed by atoms with Crippen molar-refractivity contribution in [1.29, 1.82) is 0 Å². The zero-order valence-corrected chi connectivity index (χ0v) is 13.5. The fourth-order valence-electron chi connectivity index (χ4n) is 1.98. The number of hydrogen-bond acceptors (Lipinski definition) is 7. The first kappa shape index (κ1) is 15.2. The summed E-state index contributed by atoms with van der Waals surface area (Å²) in [5.74, 6) is 2.03. The van der Waals surface area contributed by atoms with Gasteiger partial charge in [-0.25, -0.2) is 0 Å². The molecule has 0 unspecified atom stereocenters. The fourth-order valence-corrected chi connectivity index (χ4v) is 2.19. The van der Waals surface area contributed by atoms with Gasteiger partial charge in [-0.3, -0.25) is 0 Å². The van der Waals surface area contributed by atoms with Crippen molar-refractivity contribution < 1.29 is 0 Å². The van der Waals surface area contributed by atoms with E-state index in [-0.39, 0.29) is 4.75 Å². The van der Waals surface area contributed by atoms with Crippen LogP contribution in [0.1, 0.15) is 26.7 Å². The highest BCUT2D eigenvalue weighted by atomic mass is 32.2. The van der Waals surface area contributed by atoms with E-state index in [1.54, 1.807) is 0 Å². The van der Waals surface area contributed by atoms with Gasteiger partial charge in [0, 0.05) is 31.4 Å². The zero-order chi connectivity index (χ0) is 14.6. The average molecular weight is 296 g/mol. The highest BCUT2D eigenvalue weighted by molar-refractivity contribution is 7.99. The fraction of sp³-hybridized carbons (Fsp3) is 0.769. The van der Waals surface area contributed by atoms with Crippen molar-refractivity contribution in [1.82, 2.24) is 15.0 Å². The van der Waals surface area contributed by atoms with Crippen LogP contribution in [0.5, 0.6) is 0 Å². The summed E-state index contributed by atoms with van der Waals surface area (Å²) >= 11 is 1.83. The molecule has 6 nitrogen and oxygen atoms in total. The molecular formula is C13H24N6S. The smallest absolute Gasteiger partial charge is 0.231 e. The third-order valence-corrected chi connectivity index (χ3v) is 4.71. The predicted molar refractivity (Wildman–Crippen MR) is 86.9 cm³/mol. The van der Waals surface area contributed by atoms with Gasteiger partial charge in [0.2, 0.25) is 17.8 Å². The number of nitrogens with zero attached hydrogens (tertiary/aromatic N) is 4. The number of thioether (sulfide) groups is 1. The van der Waals surface area contributed by atoms with Crippen LogP contribution < -0.4 is 15.5 Å². The molecule has 2 N–H and O–H groups in total. The Morgan fingerprint density at radius 3 is 2.40 bits per heavy atom. The highest BCUT2D eigenvalue weighted by Gasteiger charge is 2.19. The third kappa shape index (κ3) is 3.88. The molecule has 1 aliphatic rings. The number of nitrogens with one attached hydrogen (secondary N) is 2. The summed E-state index contributed by atoms with van der Waals surface area (Å²) in [6, 6.07) is 0. The number of aromatic nitrogens is 3. The lowest BCUT2D eigenvalue weighted by Gasteiger charge is -2.23.